The first-order valence-corrected chi connectivity index (χ1v) is 5.79. The van der Waals surface area contributed by atoms with Gasteiger partial charge in [0.25, 0.3) is 0 Å². The molecule has 4 heteroatoms. The summed E-state index contributed by atoms with van der Waals surface area (Å²) in [5.41, 5.74) is -2.10. The van der Waals surface area contributed by atoms with Gasteiger partial charge in [0.2, 0.25) is 0 Å². The van der Waals surface area contributed by atoms with E-state index in [1.54, 1.807) is 48.5 Å². The Hall–Kier alpha value is -2.17. The van der Waals surface area contributed by atoms with Crippen LogP contribution in [-0.2, 0) is 10.4 Å². The minimum atomic E-state index is -2.48. The fourth-order valence-electron chi connectivity index (χ4n) is 1.96. The number of carbonyl (C=O) groups excluding carboxylic acids is 1. The molecule has 0 aliphatic heterocycles. The summed E-state index contributed by atoms with van der Waals surface area (Å²) < 4.78 is 0. The van der Waals surface area contributed by atoms with Gasteiger partial charge in [0.15, 0.2) is 5.60 Å². The second kappa shape index (κ2) is 5.22. The van der Waals surface area contributed by atoms with Gasteiger partial charge in [0.1, 0.15) is 6.10 Å². The predicted molar refractivity (Wildman–Crippen MR) is 66.7 cm³/mol. The van der Waals surface area contributed by atoms with Crippen molar-refractivity contribution in [3.8, 4) is 0 Å². The molecule has 0 spiro atoms. The van der Waals surface area contributed by atoms with Crippen LogP contribution < -0.4 is 5.11 Å². The smallest absolute Gasteiger partial charge is 0.159 e. The molecule has 0 amide bonds. The van der Waals surface area contributed by atoms with E-state index in [4.69, 9.17) is 0 Å². The first-order chi connectivity index (χ1) is 9.06. The molecule has 19 heavy (non-hydrogen) atoms. The fourth-order valence-corrected chi connectivity index (χ4v) is 1.96. The Morgan fingerprint density at radius 2 is 1.47 bits per heavy atom. The summed E-state index contributed by atoms with van der Waals surface area (Å²) in [5, 5.41) is 31.9. The normalized spacial score (nSPS) is 15.5. The van der Waals surface area contributed by atoms with Crippen molar-refractivity contribution < 1.29 is 20.1 Å². The molecule has 0 unspecified atom stereocenters. The van der Waals surface area contributed by atoms with E-state index in [-0.39, 0.29) is 5.56 Å². The predicted octanol–water partition coefficient (Wildman–Crippen LogP) is 0.358. The van der Waals surface area contributed by atoms with Crippen LogP contribution in [0, 0.1) is 0 Å². The molecule has 0 saturated carbocycles. The van der Waals surface area contributed by atoms with Crippen LogP contribution in [0.4, 0.5) is 0 Å². The van der Waals surface area contributed by atoms with Gasteiger partial charge in [-0.25, -0.2) is 0 Å². The highest BCUT2D eigenvalue weighted by Gasteiger charge is 2.40. The second-order valence-electron chi connectivity index (χ2n) is 4.23. The molecular weight excluding hydrogens is 244 g/mol. The van der Waals surface area contributed by atoms with Crippen LogP contribution in [0.15, 0.2) is 60.7 Å². The summed E-state index contributed by atoms with van der Waals surface area (Å²) in [6.45, 7) is 0. The lowest BCUT2D eigenvalue weighted by molar-refractivity contribution is -0.332. The van der Waals surface area contributed by atoms with Crippen molar-refractivity contribution in [3.63, 3.8) is 0 Å². The van der Waals surface area contributed by atoms with Crippen molar-refractivity contribution in [1.29, 1.82) is 0 Å². The number of benzene rings is 2. The first kappa shape index (κ1) is 13.3. The summed E-state index contributed by atoms with van der Waals surface area (Å²) >= 11 is 0. The number of carbonyl (C=O) groups is 1. The monoisotopic (exact) mass is 257 g/mol. The van der Waals surface area contributed by atoms with Gasteiger partial charge in [0.05, 0.1) is 5.97 Å². The van der Waals surface area contributed by atoms with Gasteiger partial charge in [-0.3, -0.25) is 0 Å². The number of hydrogen-bond acceptors (Lipinski definition) is 4. The van der Waals surface area contributed by atoms with Gasteiger partial charge in [-0.05, 0) is 11.1 Å². The maximum Gasteiger partial charge on any atom is 0.159 e. The molecule has 0 radical (unpaired) electrons. The lowest BCUT2D eigenvalue weighted by atomic mass is 9.84. The summed E-state index contributed by atoms with van der Waals surface area (Å²) in [6.07, 6.45) is -1.61. The van der Waals surface area contributed by atoms with Crippen molar-refractivity contribution in [2.75, 3.05) is 0 Å². The van der Waals surface area contributed by atoms with Crippen molar-refractivity contribution in [3.05, 3.63) is 71.8 Å². The van der Waals surface area contributed by atoms with Gasteiger partial charge < -0.3 is 20.1 Å². The minimum Gasteiger partial charge on any atom is -0.546 e. The van der Waals surface area contributed by atoms with E-state index >= 15 is 0 Å². The van der Waals surface area contributed by atoms with Crippen molar-refractivity contribution in [2.45, 2.75) is 11.7 Å². The molecule has 0 aromatic heterocycles. The Balaban J connectivity index is 2.49. The molecule has 2 N–H and O–H groups in total. The number of carboxylic acid groups (broad SMARTS) is 1. The number of aliphatic hydroxyl groups excluding tert-OH is 1. The van der Waals surface area contributed by atoms with E-state index in [1.807, 2.05) is 0 Å². The molecule has 2 aromatic rings. The lowest BCUT2D eigenvalue weighted by Crippen LogP contribution is -2.50. The quantitative estimate of drug-likeness (QED) is 0.828. The van der Waals surface area contributed by atoms with Gasteiger partial charge in [0, 0.05) is 0 Å². The third kappa shape index (κ3) is 2.36. The molecule has 0 saturated heterocycles. The highest BCUT2D eigenvalue weighted by atomic mass is 16.4. The average molecular weight is 257 g/mol. The number of hydrogen-bond donors (Lipinski definition) is 2. The fraction of sp³-hybridized carbons (Fsp3) is 0.133. The van der Waals surface area contributed by atoms with Crippen molar-refractivity contribution >= 4 is 5.97 Å². The Kier molecular flexibility index (Phi) is 3.64. The topological polar surface area (TPSA) is 80.6 Å². The van der Waals surface area contributed by atoms with Crippen LogP contribution >= 0.6 is 0 Å². The average Bonchev–Trinajstić information content (AvgIpc) is 2.47. The first-order valence-electron chi connectivity index (χ1n) is 5.79. The van der Waals surface area contributed by atoms with Crippen LogP contribution in [0.5, 0.6) is 0 Å². The summed E-state index contributed by atoms with van der Waals surface area (Å²) in [6, 6.07) is 15.8. The van der Waals surface area contributed by atoms with E-state index < -0.39 is 17.7 Å². The molecule has 4 nitrogen and oxygen atoms in total. The number of rotatable bonds is 4. The standard InChI is InChI=1S/C15H14O4/c16-13(11-7-3-1-4-8-11)15(19,14(17)18)12-9-5-2-6-10-12/h1-10,13,16,19H,(H,17,18)/p-1/t13-,15-/m1/s1. The summed E-state index contributed by atoms with van der Waals surface area (Å²) in [5.74, 6) is -1.74. The zero-order chi connectivity index (χ0) is 13.9. The Bertz CT molecular complexity index is 553. The highest BCUT2D eigenvalue weighted by Crippen LogP contribution is 2.34. The van der Waals surface area contributed by atoms with Crippen LogP contribution in [0.25, 0.3) is 0 Å². The van der Waals surface area contributed by atoms with E-state index in [2.05, 4.69) is 0 Å². The molecule has 2 rings (SSSR count). The number of carboxylic acids is 1. The Labute approximate surface area is 110 Å². The van der Waals surface area contributed by atoms with Crippen molar-refractivity contribution in [1.82, 2.24) is 0 Å². The maximum atomic E-state index is 11.3. The molecule has 98 valence electrons. The van der Waals surface area contributed by atoms with Gasteiger partial charge >= 0.3 is 0 Å². The van der Waals surface area contributed by atoms with E-state index in [1.165, 1.54) is 12.1 Å². The van der Waals surface area contributed by atoms with Gasteiger partial charge in [-0.2, -0.15) is 0 Å². The molecule has 0 fully saturated rings. The lowest BCUT2D eigenvalue weighted by Gasteiger charge is -2.34. The molecule has 2 atom stereocenters. The van der Waals surface area contributed by atoms with Crippen molar-refractivity contribution in [2.24, 2.45) is 0 Å². The Morgan fingerprint density at radius 3 is 1.95 bits per heavy atom. The maximum absolute atomic E-state index is 11.3. The minimum absolute atomic E-state index is 0.0753. The van der Waals surface area contributed by atoms with Gasteiger partial charge in [-0.15, -0.1) is 0 Å². The van der Waals surface area contributed by atoms with E-state index in [9.17, 15) is 20.1 Å². The summed E-state index contributed by atoms with van der Waals surface area (Å²) in [4.78, 5) is 11.3. The SMILES string of the molecule is O=C([O-])[C@@](O)(c1ccccc1)[C@H](O)c1ccccc1. The van der Waals surface area contributed by atoms with Gasteiger partial charge in [-0.1, -0.05) is 60.7 Å². The number of aliphatic hydroxyl groups is 2. The molecule has 0 aliphatic carbocycles. The zero-order valence-electron chi connectivity index (χ0n) is 10.1. The molecule has 0 heterocycles. The van der Waals surface area contributed by atoms with Crippen LogP contribution in [0.3, 0.4) is 0 Å². The van der Waals surface area contributed by atoms with Crippen LogP contribution in [0.1, 0.15) is 17.2 Å². The molecular formula is C15H13O4-. The third-order valence-electron chi connectivity index (χ3n) is 3.04. The van der Waals surface area contributed by atoms with E-state index in [0.717, 1.165) is 0 Å². The molecule has 2 aromatic carbocycles. The third-order valence-corrected chi connectivity index (χ3v) is 3.04. The van der Waals surface area contributed by atoms with Crippen LogP contribution in [0.2, 0.25) is 0 Å². The molecule has 0 aliphatic rings. The van der Waals surface area contributed by atoms with E-state index in [0.29, 0.717) is 5.56 Å². The Morgan fingerprint density at radius 1 is 1.00 bits per heavy atom. The second-order valence-corrected chi connectivity index (χ2v) is 4.23. The molecule has 0 bridgehead atoms. The largest absolute Gasteiger partial charge is 0.546 e. The summed E-state index contributed by atoms with van der Waals surface area (Å²) in [7, 11) is 0. The zero-order valence-corrected chi connectivity index (χ0v) is 10.1. The highest BCUT2D eigenvalue weighted by molar-refractivity contribution is 5.78. The number of aliphatic carboxylic acids is 1. The van der Waals surface area contributed by atoms with Crippen LogP contribution in [-0.4, -0.2) is 16.2 Å².